The molecule has 0 atom stereocenters. The number of rotatable bonds is 4. The van der Waals surface area contributed by atoms with E-state index < -0.39 is 5.91 Å². The number of hydrogen-bond donors (Lipinski definition) is 2. The van der Waals surface area contributed by atoms with Crippen LogP contribution in [0.5, 0.6) is 0 Å². The smallest absolute Gasteiger partial charge is 0.248 e. The van der Waals surface area contributed by atoms with E-state index in [1.807, 2.05) is 24.3 Å². The molecule has 0 fully saturated rings. The Morgan fingerprint density at radius 2 is 2.05 bits per heavy atom. The molecule has 0 aromatic heterocycles. The molecule has 19 heavy (non-hydrogen) atoms. The van der Waals surface area contributed by atoms with E-state index >= 15 is 0 Å². The molecule has 5 heteroatoms. The molecule has 2 aromatic carbocycles. The summed E-state index contributed by atoms with van der Waals surface area (Å²) in [6.45, 7) is 0.281. The van der Waals surface area contributed by atoms with Crippen molar-refractivity contribution >= 4 is 27.5 Å². The van der Waals surface area contributed by atoms with Crippen LogP contribution in [0.2, 0.25) is 0 Å². The molecule has 2 aromatic rings. The Morgan fingerprint density at radius 3 is 2.74 bits per heavy atom. The lowest BCUT2D eigenvalue weighted by Gasteiger charge is -2.08. The van der Waals surface area contributed by atoms with Crippen molar-refractivity contribution in [3.63, 3.8) is 0 Å². The Balaban J connectivity index is 2.15. The van der Waals surface area contributed by atoms with Gasteiger partial charge in [0.1, 0.15) is 5.82 Å². The largest absolute Gasteiger partial charge is 0.381 e. The number of amides is 1. The fourth-order valence-electron chi connectivity index (χ4n) is 1.66. The number of hydrogen-bond acceptors (Lipinski definition) is 2. The lowest BCUT2D eigenvalue weighted by Crippen LogP contribution is -2.12. The average molecular weight is 323 g/mol. The third-order valence-electron chi connectivity index (χ3n) is 2.64. The van der Waals surface area contributed by atoms with E-state index in [4.69, 9.17) is 5.73 Å². The number of carbonyl (C=O) groups excluding carboxylic acids is 1. The van der Waals surface area contributed by atoms with Gasteiger partial charge in [-0.15, -0.1) is 0 Å². The number of carbonyl (C=O) groups is 1. The van der Waals surface area contributed by atoms with Crippen LogP contribution in [-0.4, -0.2) is 5.91 Å². The van der Waals surface area contributed by atoms with E-state index in [0.717, 1.165) is 10.2 Å². The highest BCUT2D eigenvalue weighted by atomic mass is 79.9. The molecule has 0 aliphatic rings. The Hall–Kier alpha value is -1.88. The van der Waals surface area contributed by atoms with Crippen molar-refractivity contribution in [2.75, 3.05) is 5.32 Å². The Kier molecular flexibility index (Phi) is 4.16. The van der Waals surface area contributed by atoms with E-state index in [2.05, 4.69) is 21.2 Å². The number of anilines is 1. The third-order valence-corrected chi connectivity index (χ3v) is 3.13. The van der Waals surface area contributed by atoms with Crippen LogP contribution in [0.3, 0.4) is 0 Å². The molecule has 0 aliphatic heterocycles. The van der Waals surface area contributed by atoms with Crippen molar-refractivity contribution < 1.29 is 9.18 Å². The van der Waals surface area contributed by atoms with Gasteiger partial charge in [-0.3, -0.25) is 4.79 Å². The molecule has 0 saturated heterocycles. The zero-order valence-electron chi connectivity index (χ0n) is 9.99. The number of halogens is 2. The van der Waals surface area contributed by atoms with Crippen LogP contribution in [-0.2, 0) is 6.54 Å². The summed E-state index contributed by atoms with van der Waals surface area (Å²) in [5, 5.41) is 3.09. The zero-order chi connectivity index (χ0) is 13.8. The van der Waals surface area contributed by atoms with Crippen molar-refractivity contribution in [3.8, 4) is 0 Å². The van der Waals surface area contributed by atoms with Gasteiger partial charge in [-0.2, -0.15) is 0 Å². The van der Waals surface area contributed by atoms with Gasteiger partial charge in [-0.05, 0) is 36.4 Å². The first-order chi connectivity index (χ1) is 9.06. The van der Waals surface area contributed by atoms with Crippen molar-refractivity contribution in [1.82, 2.24) is 0 Å². The van der Waals surface area contributed by atoms with Gasteiger partial charge in [0.2, 0.25) is 5.91 Å². The first kappa shape index (κ1) is 13.5. The van der Waals surface area contributed by atoms with Crippen LogP contribution in [0, 0.1) is 5.82 Å². The molecule has 2 rings (SSSR count). The highest BCUT2D eigenvalue weighted by Gasteiger charge is 2.07. The van der Waals surface area contributed by atoms with Crippen LogP contribution >= 0.6 is 15.9 Å². The maximum Gasteiger partial charge on any atom is 0.248 e. The lowest BCUT2D eigenvalue weighted by atomic mass is 10.1. The van der Waals surface area contributed by atoms with Crippen molar-refractivity contribution in [2.24, 2.45) is 5.73 Å². The molecule has 1 amide bonds. The molecular formula is C14H12BrFN2O. The average Bonchev–Trinajstić information content (AvgIpc) is 2.37. The van der Waals surface area contributed by atoms with Crippen molar-refractivity contribution in [1.29, 1.82) is 0 Å². The molecule has 3 nitrogen and oxygen atoms in total. The quantitative estimate of drug-likeness (QED) is 0.907. The minimum atomic E-state index is -0.566. The first-order valence-electron chi connectivity index (χ1n) is 5.64. The fraction of sp³-hybridized carbons (Fsp3) is 0.0714. The Morgan fingerprint density at radius 1 is 1.26 bits per heavy atom. The maximum absolute atomic E-state index is 13.6. The number of nitrogens with two attached hydrogens (primary N) is 1. The molecule has 3 N–H and O–H groups in total. The number of benzene rings is 2. The second-order valence-corrected chi connectivity index (χ2v) is 4.95. The van der Waals surface area contributed by atoms with Gasteiger partial charge in [0.25, 0.3) is 0 Å². The third kappa shape index (κ3) is 3.54. The summed E-state index contributed by atoms with van der Waals surface area (Å²) in [6, 6.07) is 11.6. The van der Waals surface area contributed by atoms with Crippen LogP contribution in [0.1, 0.15) is 15.9 Å². The summed E-state index contributed by atoms with van der Waals surface area (Å²) < 4.78 is 14.5. The minimum absolute atomic E-state index is 0.281. The summed E-state index contributed by atoms with van der Waals surface area (Å²) in [5.74, 6) is -0.934. The molecular weight excluding hydrogens is 311 g/mol. The fourth-order valence-corrected chi connectivity index (χ4v) is 2.06. The van der Waals surface area contributed by atoms with Gasteiger partial charge in [0.05, 0.1) is 0 Å². The monoisotopic (exact) mass is 322 g/mol. The Labute approximate surface area is 118 Å². The lowest BCUT2D eigenvalue weighted by molar-refractivity contribution is 0.1000. The zero-order valence-corrected chi connectivity index (χ0v) is 11.6. The van der Waals surface area contributed by atoms with Gasteiger partial charge in [-0.25, -0.2) is 4.39 Å². The van der Waals surface area contributed by atoms with E-state index in [1.54, 1.807) is 0 Å². The molecule has 0 radical (unpaired) electrons. The number of primary amides is 1. The molecule has 0 spiro atoms. The van der Waals surface area contributed by atoms with Crippen LogP contribution in [0.15, 0.2) is 46.9 Å². The van der Waals surface area contributed by atoms with E-state index in [9.17, 15) is 9.18 Å². The summed E-state index contributed by atoms with van der Waals surface area (Å²) in [7, 11) is 0. The Bertz CT molecular complexity index is 616. The van der Waals surface area contributed by atoms with Crippen LogP contribution in [0.4, 0.5) is 10.1 Å². The molecule has 0 saturated carbocycles. The van der Waals surface area contributed by atoms with Gasteiger partial charge in [0.15, 0.2) is 0 Å². The van der Waals surface area contributed by atoms with Crippen LogP contribution in [0.25, 0.3) is 0 Å². The van der Waals surface area contributed by atoms with E-state index in [0.29, 0.717) is 11.1 Å². The molecule has 0 bridgehead atoms. The standard InChI is InChI=1S/C14H12BrFN2O/c15-11-2-1-3-12(7-11)18-8-10-6-9(14(17)19)4-5-13(10)16/h1-7,18H,8H2,(H2,17,19). The van der Waals surface area contributed by atoms with Crippen LogP contribution < -0.4 is 11.1 Å². The number of nitrogens with one attached hydrogen (secondary N) is 1. The summed E-state index contributed by atoms with van der Waals surface area (Å²) in [6.07, 6.45) is 0. The molecule has 0 unspecified atom stereocenters. The minimum Gasteiger partial charge on any atom is -0.381 e. The van der Waals surface area contributed by atoms with Gasteiger partial charge >= 0.3 is 0 Å². The molecule has 0 aliphatic carbocycles. The van der Waals surface area contributed by atoms with Gasteiger partial charge in [-0.1, -0.05) is 22.0 Å². The highest BCUT2D eigenvalue weighted by Crippen LogP contribution is 2.17. The van der Waals surface area contributed by atoms with Gasteiger partial charge in [0, 0.05) is 27.8 Å². The molecule has 0 heterocycles. The van der Waals surface area contributed by atoms with Gasteiger partial charge < -0.3 is 11.1 Å². The topological polar surface area (TPSA) is 55.1 Å². The SMILES string of the molecule is NC(=O)c1ccc(F)c(CNc2cccc(Br)c2)c1. The second-order valence-electron chi connectivity index (χ2n) is 4.03. The molecule has 98 valence electrons. The van der Waals surface area contributed by atoms with E-state index in [1.165, 1.54) is 18.2 Å². The predicted molar refractivity (Wildman–Crippen MR) is 76.4 cm³/mol. The predicted octanol–water partition coefficient (Wildman–Crippen LogP) is 3.30. The summed E-state index contributed by atoms with van der Waals surface area (Å²) in [4.78, 5) is 11.1. The summed E-state index contributed by atoms with van der Waals surface area (Å²) in [5.41, 5.74) is 6.73. The normalized spacial score (nSPS) is 10.2. The van der Waals surface area contributed by atoms with Crippen molar-refractivity contribution in [3.05, 3.63) is 63.9 Å². The summed E-state index contributed by atoms with van der Waals surface area (Å²) >= 11 is 3.36. The second kappa shape index (κ2) is 5.84. The van der Waals surface area contributed by atoms with E-state index in [-0.39, 0.29) is 12.4 Å². The first-order valence-corrected chi connectivity index (χ1v) is 6.43. The van der Waals surface area contributed by atoms with Crippen molar-refractivity contribution in [2.45, 2.75) is 6.54 Å². The maximum atomic E-state index is 13.6. The highest BCUT2D eigenvalue weighted by molar-refractivity contribution is 9.10.